The maximum absolute atomic E-state index is 12.8. The van der Waals surface area contributed by atoms with Crippen molar-refractivity contribution in [3.8, 4) is 0 Å². The van der Waals surface area contributed by atoms with Gasteiger partial charge in [0.2, 0.25) is 5.91 Å². The number of hydrogen-bond donors (Lipinski definition) is 2. The van der Waals surface area contributed by atoms with Gasteiger partial charge in [-0.25, -0.2) is 0 Å². The lowest BCUT2D eigenvalue weighted by molar-refractivity contribution is -0.137. The lowest BCUT2D eigenvalue weighted by Gasteiger charge is -2.17. The minimum atomic E-state index is -4.67. The molecule has 0 saturated carbocycles. The number of para-hydroxylation sites is 1. The molecule has 19 heavy (non-hydrogen) atoms. The Morgan fingerprint density at radius 3 is 2.32 bits per heavy atom. The zero-order valence-corrected chi connectivity index (χ0v) is 10.3. The molecule has 1 aromatic rings. The fraction of sp³-hybridized carbons (Fsp3) is 0.333. The number of ketones is 1. The maximum Gasteiger partial charge on any atom is 0.418 e. The number of hydrogen-bond acceptors (Lipinski definition) is 3. The van der Waals surface area contributed by atoms with E-state index < -0.39 is 35.2 Å². The molecule has 1 aromatic carbocycles. The van der Waals surface area contributed by atoms with E-state index in [-0.39, 0.29) is 5.56 Å². The van der Waals surface area contributed by atoms with Crippen LogP contribution in [0.25, 0.3) is 0 Å². The van der Waals surface area contributed by atoms with E-state index in [9.17, 15) is 22.8 Å². The number of nitrogens with one attached hydrogen (secondary N) is 1. The zero-order chi connectivity index (χ0) is 14.8. The number of halogens is 3. The number of Topliss-reactive ketones (excluding diaryl/α,β-unsaturated/α-hetero) is 1. The zero-order valence-electron chi connectivity index (χ0n) is 10.3. The molecule has 1 unspecified atom stereocenters. The molecular formula is C12H13F3N2O2. The summed E-state index contributed by atoms with van der Waals surface area (Å²) >= 11 is 0. The monoisotopic (exact) mass is 274 g/mol. The first kappa shape index (κ1) is 15.2. The van der Waals surface area contributed by atoms with Crippen LogP contribution in [0.5, 0.6) is 0 Å². The Bertz CT molecular complexity index is 510. The maximum atomic E-state index is 12.8. The first-order chi connectivity index (χ1) is 8.64. The molecule has 1 atom stereocenters. The third-order valence-electron chi connectivity index (χ3n) is 2.35. The Morgan fingerprint density at radius 1 is 1.32 bits per heavy atom. The molecule has 0 heterocycles. The Balaban J connectivity index is 3.47. The predicted octanol–water partition coefficient (Wildman–Crippen LogP) is 2.19. The summed E-state index contributed by atoms with van der Waals surface area (Å²) in [5, 5.41) is 2.05. The number of carbonyl (C=O) groups is 2. The van der Waals surface area contributed by atoms with Gasteiger partial charge < -0.3 is 11.1 Å². The molecule has 0 fully saturated rings. The summed E-state index contributed by atoms with van der Waals surface area (Å²) in [7, 11) is 0. The summed E-state index contributed by atoms with van der Waals surface area (Å²) in [6.07, 6.45) is -4.67. The van der Waals surface area contributed by atoms with E-state index in [1.165, 1.54) is 13.0 Å². The van der Waals surface area contributed by atoms with Crippen LogP contribution in [0.2, 0.25) is 0 Å². The number of carbonyl (C=O) groups excluding carboxylic acids is 2. The number of nitrogens with two attached hydrogens (primary N) is 1. The second-order valence-electron chi connectivity index (χ2n) is 4.06. The number of anilines is 1. The molecule has 0 spiro atoms. The minimum Gasteiger partial charge on any atom is -0.325 e. The highest BCUT2D eigenvalue weighted by atomic mass is 19.4. The van der Waals surface area contributed by atoms with Gasteiger partial charge in [0.15, 0.2) is 5.78 Å². The fourth-order valence-corrected chi connectivity index (χ4v) is 1.55. The molecule has 7 heteroatoms. The molecule has 104 valence electrons. The van der Waals surface area contributed by atoms with Crippen LogP contribution < -0.4 is 11.1 Å². The van der Waals surface area contributed by atoms with Gasteiger partial charge in [0.25, 0.3) is 0 Å². The van der Waals surface area contributed by atoms with Gasteiger partial charge in [-0.2, -0.15) is 13.2 Å². The second-order valence-corrected chi connectivity index (χ2v) is 4.06. The summed E-state index contributed by atoms with van der Waals surface area (Å²) in [6, 6.07) is 2.13. The van der Waals surface area contributed by atoms with Gasteiger partial charge in [-0.05, 0) is 19.1 Å². The standard InChI is InChI=1S/C12H13F3N2O2/c1-6(16)11(19)8-4-3-5-9(12(13,14)15)10(8)17-7(2)18/h3-6H,16H2,1-2H3,(H,17,18). The second kappa shape index (κ2) is 5.40. The summed E-state index contributed by atoms with van der Waals surface area (Å²) in [5.74, 6) is -1.37. The fourth-order valence-electron chi connectivity index (χ4n) is 1.55. The highest BCUT2D eigenvalue weighted by Gasteiger charge is 2.35. The molecule has 0 aliphatic carbocycles. The molecule has 0 aliphatic rings. The van der Waals surface area contributed by atoms with Crippen LogP contribution in [0.1, 0.15) is 29.8 Å². The predicted molar refractivity (Wildman–Crippen MR) is 63.7 cm³/mol. The van der Waals surface area contributed by atoms with Crippen LogP contribution in [-0.4, -0.2) is 17.7 Å². The molecule has 0 saturated heterocycles. The van der Waals surface area contributed by atoms with Crippen molar-refractivity contribution in [1.29, 1.82) is 0 Å². The van der Waals surface area contributed by atoms with Crippen molar-refractivity contribution < 1.29 is 22.8 Å². The average Bonchev–Trinajstić information content (AvgIpc) is 2.25. The highest BCUT2D eigenvalue weighted by molar-refractivity contribution is 6.07. The van der Waals surface area contributed by atoms with Crippen molar-refractivity contribution in [2.24, 2.45) is 5.73 Å². The van der Waals surface area contributed by atoms with Crippen LogP contribution in [0.15, 0.2) is 18.2 Å². The molecule has 0 radical (unpaired) electrons. The number of amides is 1. The van der Waals surface area contributed by atoms with E-state index in [2.05, 4.69) is 0 Å². The van der Waals surface area contributed by atoms with Gasteiger partial charge in [-0.15, -0.1) is 0 Å². The summed E-state index contributed by atoms with van der Waals surface area (Å²) < 4.78 is 38.5. The Kier molecular flexibility index (Phi) is 4.31. The number of alkyl halides is 3. The lowest BCUT2D eigenvalue weighted by Crippen LogP contribution is -2.28. The van der Waals surface area contributed by atoms with E-state index in [1.807, 2.05) is 5.32 Å². The number of benzene rings is 1. The quantitative estimate of drug-likeness (QED) is 0.830. The Labute approximate surface area is 107 Å². The molecule has 1 rings (SSSR count). The highest BCUT2D eigenvalue weighted by Crippen LogP contribution is 2.37. The lowest BCUT2D eigenvalue weighted by atomic mass is 9.99. The third kappa shape index (κ3) is 3.54. The van der Waals surface area contributed by atoms with E-state index in [1.54, 1.807) is 0 Å². The van der Waals surface area contributed by atoms with Crippen LogP contribution in [0.4, 0.5) is 18.9 Å². The van der Waals surface area contributed by atoms with Crippen LogP contribution >= 0.6 is 0 Å². The van der Waals surface area contributed by atoms with E-state index in [4.69, 9.17) is 5.73 Å². The SMILES string of the molecule is CC(=O)Nc1c(C(=O)C(C)N)cccc1C(F)(F)F. The van der Waals surface area contributed by atoms with Gasteiger partial charge >= 0.3 is 6.18 Å². The van der Waals surface area contributed by atoms with Crippen LogP contribution in [-0.2, 0) is 11.0 Å². The molecule has 0 aliphatic heterocycles. The van der Waals surface area contributed by atoms with Crippen LogP contribution in [0.3, 0.4) is 0 Å². The Morgan fingerprint density at radius 2 is 1.89 bits per heavy atom. The summed E-state index contributed by atoms with van der Waals surface area (Å²) in [4.78, 5) is 22.8. The van der Waals surface area contributed by atoms with Gasteiger partial charge in [0, 0.05) is 12.5 Å². The van der Waals surface area contributed by atoms with Crippen molar-refractivity contribution in [2.75, 3.05) is 5.32 Å². The van der Waals surface area contributed by atoms with E-state index >= 15 is 0 Å². The first-order valence-electron chi connectivity index (χ1n) is 5.42. The van der Waals surface area contributed by atoms with Gasteiger partial charge in [-0.3, -0.25) is 9.59 Å². The molecule has 4 nitrogen and oxygen atoms in total. The number of rotatable bonds is 3. The van der Waals surface area contributed by atoms with E-state index in [0.717, 1.165) is 19.1 Å². The molecule has 1 amide bonds. The van der Waals surface area contributed by atoms with Gasteiger partial charge in [-0.1, -0.05) is 6.07 Å². The summed E-state index contributed by atoms with van der Waals surface area (Å²) in [5.41, 5.74) is 3.51. The van der Waals surface area contributed by atoms with Gasteiger partial charge in [0.1, 0.15) is 0 Å². The Hall–Kier alpha value is -1.89. The minimum absolute atomic E-state index is 0.250. The summed E-state index contributed by atoms with van der Waals surface area (Å²) in [6.45, 7) is 2.42. The molecule has 0 aromatic heterocycles. The van der Waals surface area contributed by atoms with Crippen molar-refractivity contribution in [3.05, 3.63) is 29.3 Å². The van der Waals surface area contributed by atoms with Crippen molar-refractivity contribution in [1.82, 2.24) is 0 Å². The van der Waals surface area contributed by atoms with Crippen LogP contribution in [0, 0.1) is 0 Å². The van der Waals surface area contributed by atoms with Gasteiger partial charge in [0.05, 0.1) is 17.3 Å². The topological polar surface area (TPSA) is 72.2 Å². The van der Waals surface area contributed by atoms with E-state index in [0.29, 0.717) is 0 Å². The van der Waals surface area contributed by atoms with Crippen molar-refractivity contribution in [3.63, 3.8) is 0 Å². The molecule has 3 N–H and O–H groups in total. The van der Waals surface area contributed by atoms with Crippen molar-refractivity contribution >= 4 is 17.4 Å². The average molecular weight is 274 g/mol. The third-order valence-corrected chi connectivity index (χ3v) is 2.35. The largest absolute Gasteiger partial charge is 0.418 e. The van der Waals surface area contributed by atoms with Crippen molar-refractivity contribution in [2.45, 2.75) is 26.1 Å². The molecular weight excluding hydrogens is 261 g/mol. The normalized spacial score (nSPS) is 12.9. The molecule has 0 bridgehead atoms. The first-order valence-corrected chi connectivity index (χ1v) is 5.42. The smallest absolute Gasteiger partial charge is 0.325 e.